The second kappa shape index (κ2) is 6.56. The van der Waals surface area contributed by atoms with E-state index in [-0.39, 0.29) is 11.3 Å². The Morgan fingerprint density at radius 2 is 1.82 bits per heavy atom. The second-order valence-electron chi connectivity index (χ2n) is 4.09. The molecule has 0 aliphatic carbocycles. The lowest BCUT2D eigenvalue weighted by Gasteiger charge is -2.12. The maximum atomic E-state index is 5.78. The van der Waals surface area contributed by atoms with Crippen molar-refractivity contribution in [2.45, 2.75) is 6.42 Å². The molecule has 0 unspecified atom stereocenters. The third kappa shape index (κ3) is 5.14. The first-order valence-electron chi connectivity index (χ1n) is 5.35. The summed E-state index contributed by atoms with van der Waals surface area (Å²) in [6, 6.07) is 0.271. The molecule has 0 saturated heterocycles. The quantitative estimate of drug-likeness (QED) is 0.709. The minimum atomic E-state index is 0.145. The molecule has 0 bridgehead atoms. The Morgan fingerprint density at radius 1 is 1.12 bits per heavy atom. The van der Waals surface area contributed by atoms with Crippen LogP contribution in [0.3, 0.4) is 0 Å². The van der Waals surface area contributed by atoms with Gasteiger partial charge in [0, 0.05) is 20.6 Å². The number of halogens is 1. The van der Waals surface area contributed by atoms with E-state index in [0.29, 0.717) is 12.6 Å². The predicted molar refractivity (Wildman–Crippen MR) is 67.8 cm³/mol. The van der Waals surface area contributed by atoms with Gasteiger partial charge in [-0.05, 0) is 32.1 Å². The summed E-state index contributed by atoms with van der Waals surface area (Å²) in [5, 5.41) is 0.145. The lowest BCUT2D eigenvalue weighted by molar-refractivity contribution is 0.263. The van der Waals surface area contributed by atoms with Gasteiger partial charge in [0.25, 0.3) is 0 Å². The highest BCUT2D eigenvalue weighted by atomic mass is 35.5. The topological polar surface area (TPSA) is 54.4 Å². The van der Waals surface area contributed by atoms with Crippen molar-refractivity contribution in [3.63, 3.8) is 0 Å². The van der Waals surface area contributed by atoms with E-state index in [1.165, 1.54) is 0 Å². The maximum Gasteiger partial charge on any atom is 0.322 e. The average Bonchev–Trinajstić information content (AvgIpc) is 2.23. The standard InChI is InChI=1S/C10H18ClN5O/c1-15(2)6-5-7-17-10-13-8(11)12-9(14-10)16(3)4/h5-7H2,1-4H3. The summed E-state index contributed by atoms with van der Waals surface area (Å²) in [5.41, 5.74) is 0. The van der Waals surface area contributed by atoms with Crippen molar-refractivity contribution in [2.75, 3.05) is 46.2 Å². The SMILES string of the molecule is CN(C)CCCOc1nc(Cl)nc(N(C)C)n1. The number of anilines is 1. The Kier molecular flexibility index (Phi) is 5.37. The largest absolute Gasteiger partial charge is 0.463 e. The van der Waals surface area contributed by atoms with E-state index in [4.69, 9.17) is 16.3 Å². The lowest BCUT2D eigenvalue weighted by Crippen LogP contribution is -2.17. The van der Waals surface area contributed by atoms with Crippen molar-refractivity contribution < 1.29 is 4.74 Å². The van der Waals surface area contributed by atoms with Crippen LogP contribution in [0, 0.1) is 0 Å². The molecule has 1 rings (SSSR count). The van der Waals surface area contributed by atoms with Gasteiger partial charge in [-0.3, -0.25) is 0 Å². The fourth-order valence-corrected chi connectivity index (χ4v) is 1.28. The minimum Gasteiger partial charge on any atom is -0.463 e. The Balaban J connectivity index is 2.53. The molecule has 0 radical (unpaired) electrons. The van der Waals surface area contributed by atoms with Crippen molar-refractivity contribution in [3.05, 3.63) is 5.28 Å². The van der Waals surface area contributed by atoms with Gasteiger partial charge in [-0.15, -0.1) is 0 Å². The zero-order valence-electron chi connectivity index (χ0n) is 10.6. The smallest absolute Gasteiger partial charge is 0.322 e. The van der Waals surface area contributed by atoms with E-state index in [1.807, 2.05) is 28.2 Å². The molecule has 0 spiro atoms. The van der Waals surface area contributed by atoms with E-state index < -0.39 is 0 Å². The first-order chi connectivity index (χ1) is 7.99. The van der Waals surface area contributed by atoms with Gasteiger partial charge in [0.1, 0.15) is 0 Å². The van der Waals surface area contributed by atoms with Crippen molar-refractivity contribution in [3.8, 4) is 6.01 Å². The molecule has 7 heteroatoms. The molecule has 0 aliphatic rings. The van der Waals surface area contributed by atoms with Crippen LogP contribution in [0.25, 0.3) is 0 Å². The molecule has 0 aromatic carbocycles. The van der Waals surface area contributed by atoms with Crippen LogP contribution in [0.4, 0.5) is 5.95 Å². The summed E-state index contributed by atoms with van der Waals surface area (Å²) >= 11 is 5.78. The maximum absolute atomic E-state index is 5.78. The predicted octanol–water partition coefficient (Wildman–Crippen LogP) is 0.921. The highest BCUT2D eigenvalue weighted by Crippen LogP contribution is 2.13. The zero-order valence-corrected chi connectivity index (χ0v) is 11.4. The van der Waals surface area contributed by atoms with Crippen molar-refractivity contribution in [1.82, 2.24) is 19.9 Å². The summed E-state index contributed by atoms with van der Waals surface area (Å²) in [5.74, 6) is 0.493. The number of nitrogens with zero attached hydrogens (tertiary/aromatic N) is 5. The van der Waals surface area contributed by atoms with Gasteiger partial charge in [0.05, 0.1) is 6.61 Å². The molecule has 0 atom stereocenters. The Morgan fingerprint density at radius 3 is 2.41 bits per heavy atom. The molecular weight excluding hydrogens is 242 g/mol. The summed E-state index contributed by atoms with van der Waals surface area (Å²) in [7, 11) is 7.71. The third-order valence-corrected chi connectivity index (χ3v) is 2.13. The molecular formula is C10H18ClN5O. The Bertz CT molecular complexity index is 359. The van der Waals surface area contributed by atoms with Gasteiger partial charge in [0.15, 0.2) is 0 Å². The minimum absolute atomic E-state index is 0.145. The average molecular weight is 260 g/mol. The van der Waals surface area contributed by atoms with E-state index >= 15 is 0 Å². The zero-order chi connectivity index (χ0) is 12.8. The Labute approximate surface area is 107 Å². The first kappa shape index (κ1) is 13.9. The first-order valence-corrected chi connectivity index (χ1v) is 5.73. The van der Waals surface area contributed by atoms with Crippen LogP contribution >= 0.6 is 11.6 Å². The number of aromatic nitrogens is 3. The summed E-state index contributed by atoms with van der Waals surface area (Å²) < 4.78 is 5.43. The summed E-state index contributed by atoms with van der Waals surface area (Å²) in [6.07, 6.45) is 0.910. The van der Waals surface area contributed by atoms with E-state index in [0.717, 1.165) is 13.0 Å². The van der Waals surface area contributed by atoms with Gasteiger partial charge in [-0.1, -0.05) is 0 Å². The van der Waals surface area contributed by atoms with E-state index in [9.17, 15) is 0 Å². The molecule has 17 heavy (non-hydrogen) atoms. The number of hydrogen-bond donors (Lipinski definition) is 0. The van der Waals surface area contributed by atoms with Crippen LogP contribution in [-0.2, 0) is 0 Å². The van der Waals surface area contributed by atoms with Crippen LogP contribution < -0.4 is 9.64 Å². The van der Waals surface area contributed by atoms with E-state index in [1.54, 1.807) is 4.90 Å². The van der Waals surface area contributed by atoms with Crippen LogP contribution in [-0.4, -0.2) is 61.2 Å². The molecule has 1 heterocycles. The molecule has 0 fully saturated rings. The highest BCUT2D eigenvalue weighted by molar-refractivity contribution is 6.28. The molecule has 6 nitrogen and oxygen atoms in total. The lowest BCUT2D eigenvalue weighted by atomic mass is 10.4. The molecule has 1 aromatic heterocycles. The number of ether oxygens (including phenoxy) is 1. The van der Waals surface area contributed by atoms with Gasteiger partial charge < -0.3 is 14.5 Å². The van der Waals surface area contributed by atoms with Gasteiger partial charge in [-0.2, -0.15) is 15.0 Å². The number of hydrogen-bond acceptors (Lipinski definition) is 6. The van der Waals surface area contributed by atoms with Gasteiger partial charge >= 0.3 is 6.01 Å². The normalized spacial score (nSPS) is 10.7. The molecule has 0 amide bonds. The van der Waals surface area contributed by atoms with Crippen molar-refractivity contribution in [2.24, 2.45) is 0 Å². The monoisotopic (exact) mass is 259 g/mol. The van der Waals surface area contributed by atoms with Crippen LogP contribution in [0.2, 0.25) is 5.28 Å². The van der Waals surface area contributed by atoms with Gasteiger partial charge in [0.2, 0.25) is 11.2 Å². The van der Waals surface area contributed by atoms with E-state index in [2.05, 4.69) is 19.9 Å². The van der Waals surface area contributed by atoms with Crippen LogP contribution in [0.15, 0.2) is 0 Å². The fraction of sp³-hybridized carbons (Fsp3) is 0.700. The molecule has 0 aliphatic heterocycles. The Hall–Kier alpha value is -1.14. The van der Waals surface area contributed by atoms with Crippen molar-refractivity contribution >= 4 is 17.5 Å². The van der Waals surface area contributed by atoms with Crippen LogP contribution in [0.1, 0.15) is 6.42 Å². The molecule has 96 valence electrons. The molecule has 1 aromatic rings. The number of rotatable bonds is 6. The van der Waals surface area contributed by atoms with Crippen LogP contribution in [0.5, 0.6) is 6.01 Å². The van der Waals surface area contributed by atoms with Gasteiger partial charge in [-0.25, -0.2) is 0 Å². The summed E-state index contributed by atoms with van der Waals surface area (Å²) in [4.78, 5) is 15.9. The fourth-order valence-electron chi connectivity index (χ4n) is 1.13. The molecule has 0 saturated carbocycles. The second-order valence-corrected chi connectivity index (χ2v) is 4.42. The molecule has 0 N–H and O–H groups in total. The van der Waals surface area contributed by atoms with Crippen molar-refractivity contribution in [1.29, 1.82) is 0 Å². The highest BCUT2D eigenvalue weighted by Gasteiger charge is 2.07. The third-order valence-electron chi connectivity index (χ3n) is 1.96. The summed E-state index contributed by atoms with van der Waals surface area (Å²) in [6.45, 7) is 1.52.